The Labute approximate surface area is 122 Å². The number of nitriles is 1. The molecule has 0 fully saturated rings. The summed E-state index contributed by atoms with van der Waals surface area (Å²) in [6.07, 6.45) is 2.98. The highest BCUT2D eigenvalue weighted by Gasteiger charge is 2.16. The zero-order valence-corrected chi connectivity index (χ0v) is 11.7. The Bertz CT molecular complexity index is 739. The Balaban J connectivity index is 1.68. The minimum absolute atomic E-state index is 0.0677. The molecule has 0 saturated carbocycles. The smallest absolute Gasteiger partial charge is 0.346 e. The van der Waals surface area contributed by atoms with E-state index in [9.17, 15) is 4.79 Å². The normalized spacial score (nSPS) is 13.5. The first kappa shape index (κ1) is 13.4. The van der Waals surface area contributed by atoms with Crippen molar-refractivity contribution in [3.05, 3.63) is 46.1 Å². The molecule has 0 radical (unpaired) electrons. The molecule has 1 aromatic carbocycles. The molecule has 0 bridgehead atoms. The third-order valence-corrected chi connectivity index (χ3v) is 3.60. The highest BCUT2D eigenvalue weighted by Crippen LogP contribution is 2.16. The second-order valence-electron chi connectivity index (χ2n) is 4.99. The molecule has 1 aliphatic heterocycles. The van der Waals surface area contributed by atoms with E-state index in [1.807, 2.05) is 6.07 Å². The van der Waals surface area contributed by atoms with Crippen LogP contribution in [0.2, 0.25) is 0 Å². The van der Waals surface area contributed by atoms with Gasteiger partial charge in [-0.3, -0.25) is 4.57 Å². The summed E-state index contributed by atoms with van der Waals surface area (Å²) in [6.45, 7) is 1.46. The van der Waals surface area contributed by atoms with Crippen LogP contribution in [-0.4, -0.2) is 21.0 Å². The van der Waals surface area contributed by atoms with Crippen molar-refractivity contribution in [1.29, 1.82) is 5.26 Å². The van der Waals surface area contributed by atoms with E-state index >= 15 is 0 Å². The number of hydrogen-bond donors (Lipinski definition) is 0. The topological polar surface area (TPSA) is 72.8 Å². The number of aryl methyl sites for hydroxylation is 1. The molecule has 2 aromatic rings. The zero-order valence-electron chi connectivity index (χ0n) is 11.7. The van der Waals surface area contributed by atoms with Crippen LogP contribution in [0.3, 0.4) is 0 Å². The van der Waals surface area contributed by atoms with Gasteiger partial charge in [0.1, 0.15) is 24.3 Å². The van der Waals surface area contributed by atoms with Crippen LogP contribution in [0.15, 0.2) is 29.1 Å². The van der Waals surface area contributed by atoms with Crippen LogP contribution in [0.5, 0.6) is 5.75 Å². The van der Waals surface area contributed by atoms with E-state index in [-0.39, 0.29) is 5.69 Å². The number of rotatable bonds is 4. The molecule has 1 aliphatic rings. The molecular weight excluding hydrogens is 268 g/mol. The first-order chi connectivity index (χ1) is 10.3. The molecule has 108 valence electrons. The van der Waals surface area contributed by atoms with Crippen molar-refractivity contribution in [3.63, 3.8) is 0 Å². The van der Waals surface area contributed by atoms with Gasteiger partial charge in [-0.1, -0.05) is 12.1 Å². The quantitative estimate of drug-likeness (QED) is 0.849. The van der Waals surface area contributed by atoms with E-state index in [1.54, 1.807) is 22.8 Å². The van der Waals surface area contributed by atoms with Gasteiger partial charge in [-0.15, -0.1) is 0 Å². The maximum Gasteiger partial charge on any atom is 0.346 e. The lowest BCUT2D eigenvalue weighted by molar-refractivity contribution is 0.287. The first-order valence-electron chi connectivity index (χ1n) is 7.08. The third kappa shape index (κ3) is 2.68. The summed E-state index contributed by atoms with van der Waals surface area (Å²) < 4.78 is 8.78. The van der Waals surface area contributed by atoms with Crippen molar-refractivity contribution < 1.29 is 4.74 Å². The molecule has 0 unspecified atom stereocenters. The number of nitrogens with zero attached hydrogens (tertiary/aromatic N) is 4. The molecule has 1 aromatic heterocycles. The lowest BCUT2D eigenvalue weighted by Crippen LogP contribution is -2.28. The molecule has 3 rings (SSSR count). The van der Waals surface area contributed by atoms with Crippen molar-refractivity contribution in [3.8, 4) is 11.8 Å². The van der Waals surface area contributed by atoms with Crippen molar-refractivity contribution in [2.24, 2.45) is 0 Å². The summed E-state index contributed by atoms with van der Waals surface area (Å²) in [7, 11) is 0. The van der Waals surface area contributed by atoms with E-state index in [2.05, 4.69) is 11.2 Å². The molecule has 2 heterocycles. The highest BCUT2D eigenvalue weighted by atomic mass is 16.5. The Morgan fingerprint density at radius 1 is 1.33 bits per heavy atom. The van der Waals surface area contributed by atoms with Crippen molar-refractivity contribution >= 4 is 0 Å². The molecule has 6 nitrogen and oxygen atoms in total. The van der Waals surface area contributed by atoms with Crippen LogP contribution in [0.4, 0.5) is 0 Å². The standard InChI is InChI=1S/C15H16N4O2/c16-11-12-5-1-2-6-13(12)21-10-9-19-15(20)18-8-4-3-7-14(18)17-19/h1-2,5-6H,3-4,7-10H2. The first-order valence-corrected chi connectivity index (χ1v) is 7.08. The van der Waals surface area contributed by atoms with Gasteiger partial charge in [-0.2, -0.15) is 10.4 Å². The van der Waals surface area contributed by atoms with Gasteiger partial charge >= 0.3 is 5.69 Å². The van der Waals surface area contributed by atoms with Crippen LogP contribution < -0.4 is 10.4 Å². The number of ether oxygens (including phenoxy) is 1. The average Bonchev–Trinajstić information content (AvgIpc) is 2.85. The lowest BCUT2D eigenvalue weighted by atomic mass is 10.2. The van der Waals surface area contributed by atoms with E-state index in [0.717, 1.165) is 31.6 Å². The van der Waals surface area contributed by atoms with Crippen molar-refractivity contribution in [2.75, 3.05) is 6.61 Å². The second-order valence-corrected chi connectivity index (χ2v) is 4.99. The van der Waals surface area contributed by atoms with Crippen molar-refractivity contribution in [2.45, 2.75) is 32.4 Å². The predicted molar refractivity (Wildman–Crippen MR) is 76.1 cm³/mol. The fourth-order valence-electron chi connectivity index (χ4n) is 2.52. The SMILES string of the molecule is N#Cc1ccccc1OCCn1nc2n(c1=O)CCCC2. The van der Waals surface area contributed by atoms with E-state index < -0.39 is 0 Å². The Morgan fingerprint density at radius 2 is 2.19 bits per heavy atom. The maximum atomic E-state index is 12.1. The fourth-order valence-corrected chi connectivity index (χ4v) is 2.52. The van der Waals surface area contributed by atoms with Crippen LogP contribution >= 0.6 is 0 Å². The van der Waals surface area contributed by atoms with Gasteiger partial charge in [0.25, 0.3) is 0 Å². The minimum Gasteiger partial charge on any atom is -0.490 e. The monoisotopic (exact) mass is 284 g/mol. The molecule has 0 atom stereocenters. The molecular formula is C15H16N4O2. The molecule has 21 heavy (non-hydrogen) atoms. The molecule has 0 aliphatic carbocycles. The number of fused-ring (bicyclic) bond motifs is 1. The van der Waals surface area contributed by atoms with Gasteiger partial charge < -0.3 is 4.74 Å². The Morgan fingerprint density at radius 3 is 3.00 bits per heavy atom. The third-order valence-electron chi connectivity index (χ3n) is 3.60. The number of hydrogen-bond acceptors (Lipinski definition) is 4. The van der Waals surface area contributed by atoms with E-state index in [0.29, 0.717) is 24.5 Å². The highest BCUT2D eigenvalue weighted by molar-refractivity contribution is 5.42. The van der Waals surface area contributed by atoms with Crippen LogP contribution in [0.1, 0.15) is 24.2 Å². The molecule has 0 spiro atoms. The summed E-state index contributed by atoms with van der Waals surface area (Å²) in [4.78, 5) is 12.1. The fraction of sp³-hybridized carbons (Fsp3) is 0.400. The van der Waals surface area contributed by atoms with Gasteiger partial charge in [-0.05, 0) is 25.0 Å². The van der Waals surface area contributed by atoms with Gasteiger partial charge in [0, 0.05) is 13.0 Å². The summed E-state index contributed by atoms with van der Waals surface area (Å²) in [5.41, 5.74) is 0.427. The summed E-state index contributed by atoms with van der Waals surface area (Å²) in [5, 5.41) is 13.3. The zero-order chi connectivity index (χ0) is 14.7. The largest absolute Gasteiger partial charge is 0.490 e. The molecule has 0 saturated heterocycles. The molecule has 6 heteroatoms. The van der Waals surface area contributed by atoms with Crippen LogP contribution in [-0.2, 0) is 19.5 Å². The number of para-hydroxylation sites is 1. The molecule has 0 amide bonds. The van der Waals surface area contributed by atoms with Crippen molar-refractivity contribution in [1.82, 2.24) is 14.3 Å². The Hall–Kier alpha value is -2.55. The number of benzene rings is 1. The lowest BCUT2D eigenvalue weighted by Gasteiger charge is -2.09. The van der Waals surface area contributed by atoms with E-state index in [1.165, 1.54) is 4.68 Å². The van der Waals surface area contributed by atoms with Gasteiger partial charge in [0.05, 0.1) is 12.1 Å². The van der Waals surface area contributed by atoms with Gasteiger partial charge in [-0.25, -0.2) is 9.48 Å². The Kier molecular flexibility index (Phi) is 3.73. The van der Waals surface area contributed by atoms with Crippen LogP contribution in [0.25, 0.3) is 0 Å². The van der Waals surface area contributed by atoms with E-state index in [4.69, 9.17) is 10.00 Å². The average molecular weight is 284 g/mol. The summed E-state index contributed by atoms with van der Waals surface area (Å²) >= 11 is 0. The molecule has 0 N–H and O–H groups in total. The minimum atomic E-state index is -0.0677. The summed E-state index contributed by atoms with van der Waals surface area (Å²) in [6, 6.07) is 9.14. The van der Waals surface area contributed by atoms with Gasteiger partial charge in [0.2, 0.25) is 0 Å². The predicted octanol–water partition coefficient (Wildman–Crippen LogP) is 1.33. The maximum absolute atomic E-state index is 12.1. The second kappa shape index (κ2) is 5.83. The number of aromatic nitrogens is 3. The van der Waals surface area contributed by atoms with Crippen LogP contribution in [0, 0.1) is 11.3 Å². The summed E-state index contributed by atoms with van der Waals surface area (Å²) in [5.74, 6) is 1.40. The van der Waals surface area contributed by atoms with Gasteiger partial charge in [0.15, 0.2) is 0 Å².